The van der Waals surface area contributed by atoms with Gasteiger partial charge in [-0.25, -0.2) is 9.59 Å². The monoisotopic (exact) mass is 376 g/mol. The molecule has 1 aromatic rings. The van der Waals surface area contributed by atoms with Gasteiger partial charge in [-0.1, -0.05) is 26.8 Å². The molecule has 0 bridgehead atoms. The van der Waals surface area contributed by atoms with Gasteiger partial charge in [0, 0.05) is 5.70 Å². The Bertz CT molecular complexity index is 727. The predicted octanol–water partition coefficient (Wildman–Crippen LogP) is 3.31. The molecule has 7 heteroatoms. The van der Waals surface area contributed by atoms with E-state index in [4.69, 9.17) is 14.2 Å². The number of carbonyl (C=O) groups is 2. The molecule has 0 saturated carbocycles. The van der Waals surface area contributed by atoms with Crippen molar-refractivity contribution < 1.29 is 23.8 Å². The first-order valence-corrected chi connectivity index (χ1v) is 9.22. The molecule has 2 N–H and O–H groups in total. The van der Waals surface area contributed by atoms with E-state index in [2.05, 4.69) is 10.6 Å². The summed E-state index contributed by atoms with van der Waals surface area (Å²) in [6.07, 6.45) is 0.880. The third kappa shape index (κ3) is 4.72. The number of ether oxygens (including phenoxy) is 3. The van der Waals surface area contributed by atoms with Crippen LogP contribution in [0.4, 0.5) is 4.79 Å². The standard InChI is InChI=1S/C20H28N2O5/c1-6-10-27-14-9-8-13(11-15(14)26-7-2)18-16(19(23)25-5)17(12(3)4)21-20(24)22-18/h8-9,11-12,18H,6-7,10H2,1-5H3,(H2,21,22,24). The van der Waals surface area contributed by atoms with Gasteiger partial charge in [0.25, 0.3) is 0 Å². The van der Waals surface area contributed by atoms with Gasteiger partial charge in [-0.15, -0.1) is 0 Å². The summed E-state index contributed by atoms with van der Waals surface area (Å²) in [5, 5.41) is 5.54. The summed E-state index contributed by atoms with van der Waals surface area (Å²) >= 11 is 0. The lowest BCUT2D eigenvalue weighted by molar-refractivity contribution is -0.136. The van der Waals surface area contributed by atoms with Crippen LogP contribution in [0, 0.1) is 5.92 Å². The van der Waals surface area contributed by atoms with Crippen LogP contribution in [0.15, 0.2) is 29.5 Å². The van der Waals surface area contributed by atoms with Gasteiger partial charge >= 0.3 is 12.0 Å². The number of urea groups is 1. The number of nitrogens with one attached hydrogen (secondary N) is 2. The van der Waals surface area contributed by atoms with Crippen molar-refractivity contribution in [1.82, 2.24) is 10.6 Å². The smallest absolute Gasteiger partial charge is 0.337 e. The SMILES string of the molecule is CCCOc1ccc(C2NC(=O)NC(C(C)C)=C2C(=O)OC)cc1OCC. The van der Waals surface area contributed by atoms with Crippen LogP contribution < -0.4 is 20.1 Å². The van der Waals surface area contributed by atoms with Gasteiger partial charge in [-0.05, 0) is 37.0 Å². The molecule has 1 heterocycles. The van der Waals surface area contributed by atoms with Gasteiger partial charge in [0.2, 0.25) is 0 Å². The number of amides is 2. The fraction of sp³-hybridized carbons (Fsp3) is 0.500. The Kier molecular flexibility index (Phi) is 7.10. The van der Waals surface area contributed by atoms with E-state index >= 15 is 0 Å². The fourth-order valence-corrected chi connectivity index (χ4v) is 2.93. The topological polar surface area (TPSA) is 85.9 Å². The molecule has 7 nitrogen and oxygen atoms in total. The molecule has 1 aliphatic rings. The molecule has 0 spiro atoms. The molecule has 2 rings (SSSR count). The number of methoxy groups -OCH3 is 1. The van der Waals surface area contributed by atoms with Crippen molar-refractivity contribution in [2.24, 2.45) is 5.92 Å². The summed E-state index contributed by atoms with van der Waals surface area (Å²) in [5.41, 5.74) is 1.66. The molecule has 2 amide bonds. The molecule has 0 aliphatic carbocycles. The highest BCUT2D eigenvalue weighted by Crippen LogP contribution is 2.35. The lowest BCUT2D eigenvalue weighted by atomic mass is 9.91. The quantitative estimate of drug-likeness (QED) is 0.680. The summed E-state index contributed by atoms with van der Waals surface area (Å²) in [6.45, 7) is 8.79. The summed E-state index contributed by atoms with van der Waals surface area (Å²) in [4.78, 5) is 24.6. The van der Waals surface area contributed by atoms with Gasteiger partial charge in [-0.2, -0.15) is 0 Å². The largest absolute Gasteiger partial charge is 0.490 e. The summed E-state index contributed by atoms with van der Waals surface area (Å²) in [7, 11) is 1.33. The maximum absolute atomic E-state index is 12.5. The Morgan fingerprint density at radius 3 is 2.52 bits per heavy atom. The first-order valence-electron chi connectivity index (χ1n) is 9.22. The van der Waals surface area contributed by atoms with Gasteiger partial charge in [0.1, 0.15) is 0 Å². The van der Waals surface area contributed by atoms with Crippen molar-refractivity contribution in [3.63, 3.8) is 0 Å². The molecular formula is C20H28N2O5. The normalized spacial score (nSPS) is 16.7. The maximum atomic E-state index is 12.5. The van der Waals surface area contributed by atoms with E-state index in [0.29, 0.717) is 36.0 Å². The van der Waals surface area contributed by atoms with Gasteiger partial charge in [0.05, 0.1) is 31.9 Å². The fourth-order valence-electron chi connectivity index (χ4n) is 2.93. The number of benzene rings is 1. The molecule has 148 valence electrons. The second-order valence-electron chi connectivity index (χ2n) is 6.49. The predicted molar refractivity (Wildman–Crippen MR) is 102 cm³/mol. The minimum absolute atomic E-state index is 0.0498. The molecule has 0 saturated heterocycles. The second-order valence-corrected chi connectivity index (χ2v) is 6.49. The maximum Gasteiger partial charge on any atom is 0.337 e. The molecule has 1 atom stereocenters. The van der Waals surface area contributed by atoms with Crippen molar-refractivity contribution in [2.45, 2.75) is 40.2 Å². The van der Waals surface area contributed by atoms with Gasteiger partial charge in [-0.3, -0.25) is 0 Å². The molecule has 1 aromatic carbocycles. The first-order chi connectivity index (χ1) is 12.9. The highest BCUT2D eigenvalue weighted by molar-refractivity contribution is 5.95. The molecule has 0 radical (unpaired) electrons. The van der Waals surface area contributed by atoms with Crippen LogP contribution in [0.25, 0.3) is 0 Å². The minimum Gasteiger partial charge on any atom is -0.490 e. The molecule has 1 aliphatic heterocycles. The van der Waals surface area contributed by atoms with Crippen LogP contribution >= 0.6 is 0 Å². The number of rotatable bonds is 8. The zero-order chi connectivity index (χ0) is 20.0. The van der Waals surface area contributed by atoms with E-state index in [1.165, 1.54) is 7.11 Å². The number of hydrogen-bond donors (Lipinski definition) is 2. The first kappa shape index (κ1) is 20.6. The van der Waals surface area contributed by atoms with E-state index in [1.54, 1.807) is 12.1 Å². The minimum atomic E-state index is -0.636. The lowest BCUT2D eigenvalue weighted by Crippen LogP contribution is -2.47. The average molecular weight is 376 g/mol. The molecular weight excluding hydrogens is 348 g/mol. The van der Waals surface area contributed by atoms with Crippen LogP contribution in [-0.2, 0) is 9.53 Å². The molecule has 0 fully saturated rings. The van der Waals surface area contributed by atoms with Gasteiger partial charge in [0.15, 0.2) is 11.5 Å². The van der Waals surface area contributed by atoms with E-state index in [9.17, 15) is 9.59 Å². The highest BCUT2D eigenvalue weighted by atomic mass is 16.5. The highest BCUT2D eigenvalue weighted by Gasteiger charge is 2.34. The van der Waals surface area contributed by atoms with E-state index in [-0.39, 0.29) is 11.9 Å². The van der Waals surface area contributed by atoms with Crippen LogP contribution in [-0.4, -0.2) is 32.3 Å². The second kappa shape index (κ2) is 9.30. The van der Waals surface area contributed by atoms with Crippen LogP contribution in [0.1, 0.15) is 45.7 Å². The number of allylic oxidation sites excluding steroid dienone is 1. The van der Waals surface area contributed by atoms with Crippen molar-refractivity contribution in [1.29, 1.82) is 0 Å². The van der Waals surface area contributed by atoms with Gasteiger partial charge < -0.3 is 24.8 Å². The van der Waals surface area contributed by atoms with E-state index in [0.717, 1.165) is 12.0 Å². The van der Waals surface area contributed by atoms with Crippen LogP contribution in [0.2, 0.25) is 0 Å². The number of hydrogen-bond acceptors (Lipinski definition) is 5. The summed E-state index contributed by atoms with van der Waals surface area (Å²) in [6, 6.07) is 4.42. The van der Waals surface area contributed by atoms with Crippen LogP contribution in [0.3, 0.4) is 0 Å². The Labute approximate surface area is 160 Å². The average Bonchev–Trinajstić information content (AvgIpc) is 2.65. The third-order valence-corrected chi connectivity index (χ3v) is 4.15. The molecule has 0 aromatic heterocycles. The van der Waals surface area contributed by atoms with Crippen molar-refractivity contribution in [3.05, 3.63) is 35.0 Å². The Morgan fingerprint density at radius 1 is 1.19 bits per heavy atom. The number of carbonyl (C=O) groups excluding carboxylic acids is 2. The van der Waals surface area contributed by atoms with E-state index in [1.807, 2.05) is 33.8 Å². The van der Waals surface area contributed by atoms with Crippen molar-refractivity contribution in [3.8, 4) is 11.5 Å². The Morgan fingerprint density at radius 2 is 1.93 bits per heavy atom. The Hall–Kier alpha value is -2.70. The van der Waals surface area contributed by atoms with Crippen molar-refractivity contribution in [2.75, 3.05) is 20.3 Å². The van der Waals surface area contributed by atoms with Crippen molar-refractivity contribution >= 4 is 12.0 Å². The summed E-state index contributed by atoms with van der Waals surface area (Å²) < 4.78 is 16.4. The zero-order valence-corrected chi connectivity index (χ0v) is 16.5. The van der Waals surface area contributed by atoms with Crippen LogP contribution in [0.5, 0.6) is 11.5 Å². The molecule has 27 heavy (non-hydrogen) atoms. The number of esters is 1. The lowest BCUT2D eigenvalue weighted by Gasteiger charge is -2.31. The third-order valence-electron chi connectivity index (χ3n) is 4.15. The Balaban J connectivity index is 2.52. The molecule has 1 unspecified atom stereocenters. The summed E-state index contributed by atoms with van der Waals surface area (Å²) in [5.74, 6) is 0.675. The zero-order valence-electron chi connectivity index (χ0n) is 16.5. The van der Waals surface area contributed by atoms with E-state index < -0.39 is 12.0 Å².